The molecule has 0 aliphatic carbocycles. The van der Waals surface area contributed by atoms with Gasteiger partial charge in [0.15, 0.2) is 0 Å². The lowest BCUT2D eigenvalue weighted by Gasteiger charge is -2.14. The Morgan fingerprint density at radius 1 is 1.42 bits per heavy atom. The third-order valence-electron chi connectivity index (χ3n) is 3.90. The Bertz CT molecular complexity index is 1010. The Morgan fingerprint density at radius 2 is 2.17 bits per heavy atom. The van der Waals surface area contributed by atoms with E-state index in [-0.39, 0.29) is 23.1 Å². The summed E-state index contributed by atoms with van der Waals surface area (Å²) >= 11 is 0. The molecule has 0 radical (unpaired) electrons. The number of hydrogen-bond acceptors (Lipinski definition) is 4. The molecule has 7 nitrogen and oxygen atoms in total. The number of aromatic nitrogens is 3. The molecule has 0 aromatic carbocycles. The lowest BCUT2D eigenvalue weighted by Crippen LogP contribution is -2.44. The van der Waals surface area contributed by atoms with E-state index in [2.05, 4.69) is 10.3 Å². The molecule has 0 aliphatic rings. The molecule has 0 unspecified atom stereocenters. The summed E-state index contributed by atoms with van der Waals surface area (Å²) in [4.78, 5) is 29.8. The van der Waals surface area contributed by atoms with E-state index >= 15 is 0 Å². The highest BCUT2D eigenvalue weighted by atomic mass is 16.1. The molecule has 3 aromatic heterocycles. The fourth-order valence-electron chi connectivity index (χ4n) is 2.82. The first-order valence-electron chi connectivity index (χ1n) is 7.89. The third kappa shape index (κ3) is 2.38. The number of carbonyl (C=O) groups is 1. The number of rotatable bonds is 3. The lowest BCUT2D eigenvalue weighted by atomic mass is 10.1. The minimum atomic E-state index is -0.302. The average molecular weight is 326 g/mol. The van der Waals surface area contributed by atoms with E-state index in [1.807, 2.05) is 26.8 Å². The first kappa shape index (κ1) is 15.9. The van der Waals surface area contributed by atoms with Gasteiger partial charge in [0.2, 0.25) is 11.5 Å². The van der Waals surface area contributed by atoms with Crippen molar-refractivity contribution < 1.29 is 9.36 Å². The molecule has 0 fully saturated rings. The van der Waals surface area contributed by atoms with Gasteiger partial charge in [0.05, 0.1) is 6.04 Å². The number of nitrogens with two attached hydrogens (primary N) is 1. The molecule has 24 heavy (non-hydrogen) atoms. The predicted molar refractivity (Wildman–Crippen MR) is 92.0 cm³/mol. The van der Waals surface area contributed by atoms with Crippen LogP contribution in [0.3, 0.4) is 0 Å². The van der Waals surface area contributed by atoms with Crippen molar-refractivity contribution in [3.63, 3.8) is 0 Å². The Morgan fingerprint density at radius 3 is 2.83 bits per heavy atom. The van der Waals surface area contributed by atoms with Gasteiger partial charge in [-0.25, -0.2) is 4.57 Å². The Hall–Kier alpha value is -2.96. The van der Waals surface area contributed by atoms with Gasteiger partial charge in [-0.05, 0) is 39.0 Å². The van der Waals surface area contributed by atoms with Crippen molar-refractivity contribution in [3.05, 3.63) is 46.4 Å². The van der Waals surface area contributed by atoms with Crippen molar-refractivity contribution in [2.45, 2.75) is 26.8 Å². The highest BCUT2D eigenvalue weighted by Crippen LogP contribution is 2.16. The SMILES string of the molecule is CCNC(=O)c1cc2c(=O)n3ccccc3nc2[n+](C(C)C)c1N. The summed E-state index contributed by atoms with van der Waals surface area (Å²) in [6.07, 6.45) is 1.66. The van der Waals surface area contributed by atoms with Crippen molar-refractivity contribution in [1.82, 2.24) is 14.7 Å². The number of nitrogens with zero attached hydrogens (tertiary/aromatic N) is 3. The first-order chi connectivity index (χ1) is 11.5. The van der Waals surface area contributed by atoms with Crippen LogP contribution in [0.2, 0.25) is 0 Å². The van der Waals surface area contributed by atoms with Gasteiger partial charge in [-0.15, -0.1) is 0 Å². The second-order valence-electron chi connectivity index (χ2n) is 5.85. The first-order valence-corrected chi connectivity index (χ1v) is 7.89. The van der Waals surface area contributed by atoms with Crippen LogP contribution in [0, 0.1) is 0 Å². The minimum Gasteiger partial charge on any atom is -0.352 e. The Kier molecular flexibility index (Phi) is 3.92. The van der Waals surface area contributed by atoms with Crippen molar-refractivity contribution in [1.29, 1.82) is 0 Å². The lowest BCUT2D eigenvalue weighted by molar-refractivity contribution is -0.679. The van der Waals surface area contributed by atoms with Gasteiger partial charge in [0, 0.05) is 12.7 Å². The summed E-state index contributed by atoms with van der Waals surface area (Å²) in [5, 5.41) is 3.09. The van der Waals surface area contributed by atoms with E-state index < -0.39 is 0 Å². The van der Waals surface area contributed by atoms with Gasteiger partial charge in [0.1, 0.15) is 10.9 Å². The van der Waals surface area contributed by atoms with Crippen LogP contribution in [-0.4, -0.2) is 21.8 Å². The van der Waals surface area contributed by atoms with E-state index in [9.17, 15) is 9.59 Å². The third-order valence-corrected chi connectivity index (χ3v) is 3.90. The fraction of sp³-hybridized carbons (Fsp3) is 0.294. The fourth-order valence-corrected chi connectivity index (χ4v) is 2.82. The standard InChI is InChI=1S/C17H19N5O2/c1-4-19-16(23)11-9-12-15(22(10(2)3)14(11)18)20-13-7-5-6-8-21(13)17(12)24/h5-10,18H,4H2,1-3H3,(H,19,23)/p+1. The zero-order chi connectivity index (χ0) is 17.4. The van der Waals surface area contributed by atoms with E-state index in [1.54, 1.807) is 22.9 Å². The molecule has 0 bridgehead atoms. The Balaban J connectivity index is 2.48. The van der Waals surface area contributed by atoms with Gasteiger partial charge in [-0.3, -0.25) is 14.0 Å². The Labute approximate surface area is 138 Å². The summed E-state index contributed by atoms with van der Waals surface area (Å²) in [6, 6.07) is 6.82. The molecule has 3 rings (SSSR count). The summed E-state index contributed by atoms with van der Waals surface area (Å²) in [5.41, 5.74) is 7.30. The largest absolute Gasteiger partial charge is 0.352 e. The number of nitrogens with one attached hydrogen (secondary N) is 1. The normalized spacial score (nSPS) is 11.3. The molecular formula is C17H20N5O2+. The number of anilines is 1. The van der Waals surface area contributed by atoms with Crippen LogP contribution in [0.5, 0.6) is 0 Å². The second-order valence-corrected chi connectivity index (χ2v) is 5.85. The molecule has 3 N–H and O–H groups in total. The van der Waals surface area contributed by atoms with Crippen LogP contribution < -0.4 is 21.2 Å². The zero-order valence-electron chi connectivity index (χ0n) is 13.9. The molecule has 3 heterocycles. The topological polar surface area (TPSA) is 93.4 Å². The molecule has 3 aromatic rings. The van der Waals surface area contributed by atoms with E-state index in [4.69, 9.17) is 5.73 Å². The maximum atomic E-state index is 12.8. The monoisotopic (exact) mass is 326 g/mol. The highest BCUT2D eigenvalue weighted by Gasteiger charge is 2.25. The molecule has 0 aliphatic heterocycles. The molecule has 0 atom stereocenters. The number of nitrogen functional groups attached to an aromatic ring is 1. The zero-order valence-corrected chi connectivity index (χ0v) is 13.9. The summed E-state index contributed by atoms with van der Waals surface area (Å²) in [6.45, 7) is 6.18. The van der Waals surface area contributed by atoms with Gasteiger partial charge in [-0.1, -0.05) is 11.1 Å². The molecule has 124 valence electrons. The molecule has 0 spiro atoms. The molecule has 0 saturated heterocycles. The molecule has 1 amide bonds. The number of hydrogen-bond donors (Lipinski definition) is 2. The molecular weight excluding hydrogens is 306 g/mol. The van der Waals surface area contributed by atoms with Gasteiger partial charge < -0.3 is 11.1 Å². The second kappa shape index (κ2) is 5.92. The van der Waals surface area contributed by atoms with E-state index in [0.717, 1.165) is 0 Å². The van der Waals surface area contributed by atoms with Crippen LogP contribution in [0.25, 0.3) is 16.7 Å². The van der Waals surface area contributed by atoms with Crippen molar-refractivity contribution in [2.24, 2.45) is 0 Å². The smallest absolute Gasteiger partial charge is 0.278 e. The number of fused-ring (bicyclic) bond motifs is 2. The highest BCUT2D eigenvalue weighted by molar-refractivity contribution is 6.00. The quantitative estimate of drug-likeness (QED) is 0.556. The van der Waals surface area contributed by atoms with Gasteiger partial charge in [0.25, 0.3) is 17.1 Å². The van der Waals surface area contributed by atoms with Gasteiger partial charge in [-0.2, -0.15) is 0 Å². The summed E-state index contributed by atoms with van der Waals surface area (Å²) in [7, 11) is 0. The number of carbonyl (C=O) groups excluding carboxylic acids is 1. The van der Waals surface area contributed by atoms with Crippen molar-refractivity contribution in [2.75, 3.05) is 12.3 Å². The summed E-state index contributed by atoms with van der Waals surface area (Å²) in [5.74, 6) is -0.000472. The molecule has 0 saturated carbocycles. The minimum absolute atomic E-state index is 0.0556. The van der Waals surface area contributed by atoms with Crippen LogP contribution in [0.4, 0.5) is 5.82 Å². The number of pyridine rings is 2. The van der Waals surface area contributed by atoms with Crippen LogP contribution in [0.15, 0.2) is 35.3 Å². The predicted octanol–water partition coefficient (Wildman–Crippen LogP) is 1.05. The van der Waals surface area contributed by atoms with Crippen LogP contribution in [-0.2, 0) is 0 Å². The van der Waals surface area contributed by atoms with Crippen molar-refractivity contribution in [3.8, 4) is 0 Å². The maximum Gasteiger partial charge on any atom is 0.278 e. The molecule has 7 heteroatoms. The summed E-state index contributed by atoms with van der Waals surface area (Å²) < 4.78 is 3.19. The van der Waals surface area contributed by atoms with Gasteiger partial charge >= 0.3 is 0 Å². The average Bonchev–Trinajstić information content (AvgIpc) is 2.54. The van der Waals surface area contributed by atoms with E-state index in [1.165, 1.54) is 10.5 Å². The van der Waals surface area contributed by atoms with Crippen molar-refractivity contribution >= 4 is 28.4 Å². The van der Waals surface area contributed by atoms with E-state index in [0.29, 0.717) is 29.0 Å². The van der Waals surface area contributed by atoms with Crippen LogP contribution in [0.1, 0.15) is 37.2 Å². The number of amides is 1. The van der Waals surface area contributed by atoms with Crippen LogP contribution >= 0.6 is 0 Å². The maximum absolute atomic E-state index is 12.8.